The minimum Gasteiger partial charge on any atom is -0.477 e. The molecule has 2 aliphatic heterocycles. The summed E-state index contributed by atoms with van der Waals surface area (Å²) in [6, 6.07) is 6.25. The summed E-state index contributed by atoms with van der Waals surface area (Å²) in [5.74, 6) is -1.26. The van der Waals surface area contributed by atoms with Gasteiger partial charge >= 0.3 is 5.97 Å². The molecular weight excluding hydrogens is 417 g/mol. The minimum absolute atomic E-state index is 0.0494. The fourth-order valence-corrected chi connectivity index (χ4v) is 4.37. The van der Waals surface area contributed by atoms with Crippen molar-refractivity contribution in [2.75, 3.05) is 25.2 Å². The minimum atomic E-state index is -1.10. The molecule has 0 saturated carbocycles. The van der Waals surface area contributed by atoms with E-state index in [-0.39, 0.29) is 11.6 Å². The number of aromatic carboxylic acids is 1. The molecule has 2 unspecified atom stereocenters. The fraction of sp³-hybridized carbons (Fsp3) is 0.350. The van der Waals surface area contributed by atoms with Gasteiger partial charge in [-0.1, -0.05) is 29.3 Å². The number of carboxylic acids is 1. The number of likely N-dealkylation sites (N-methyl/N-ethyl adjacent to an activating group) is 1. The smallest absolute Gasteiger partial charge is 0.354 e. The number of carbonyl (C=O) groups excluding carboxylic acids is 1. The van der Waals surface area contributed by atoms with E-state index in [0.717, 1.165) is 11.3 Å². The summed E-state index contributed by atoms with van der Waals surface area (Å²) in [6.07, 6.45) is 2.51. The first kappa shape index (κ1) is 19.9. The second-order valence-electron chi connectivity index (χ2n) is 7.30. The molecule has 1 fully saturated rings. The number of nitrogens with one attached hydrogen (secondary N) is 1. The van der Waals surface area contributed by atoms with Gasteiger partial charge in [-0.05, 0) is 29.3 Å². The number of amides is 1. The maximum Gasteiger partial charge on any atom is 0.354 e. The average Bonchev–Trinajstić information content (AvgIpc) is 3.31. The number of rotatable bonds is 4. The summed E-state index contributed by atoms with van der Waals surface area (Å²) in [7, 11) is 1.85. The monoisotopic (exact) mass is 435 g/mol. The highest BCUT2D eigenvalue weighted by molar-refractivity contribution is 6.42. The third-order valence-corrected chi connectivity index (χ3v) is 6.48. The standard InChI is InChI=1S/C20H19Cl2N3O4/c1-25-15-5-3-13(21)17(22)12(15)8-16(25)18(26)24-20(6-7-29-10-20)11-2-4-14(19(27)28)23-9-11/h2-5,9,16H,6-8,10H2,1H3,(H,24,26)(H,27,28). The van der Waals surface area contributed by atoms with Crippen molar-refractivity contribution < 1.29 is 19.4 Å². The number of halogens is 2. The molecule has 29 heavy (non-hydrogen) atoms. The third kappa shape index (κ3) is 3.43. The lowest BCUT2D eigenvalue weighted by molar-refractivity contribution is -0.124. The zero-order valence-electron chi connectivity index (χ0n) is 15.6. The first-order valence-corrected chi connectivity index (χ1v) is 9.87. The van der Waals surface area contributed by atoms with Crippen molar-refractivity contribution in [2.24, 2.45) is 0 Å². The molecule has 9 heteroatoms. The zero-order chi connectivity index (χ0) is 20.8. The number of fused-ring (bicyclic) bond motifs is 1. The molecule has 0 spiro atoms. The Hall–Kier alpha value is -2.35. The van der Waals surface area contributed by atoms with Gasteiger partial charge in [0, 0.05) is 38.4 Å². The van der Waals surface area contributed by atoms with Crippen LogP contribution in [0.4, 0.5) is 5.69 Å². The van der Waals surface area contributed by atoms with Crippen LogP contribution in [0.15, 0.2) is 30.5 Å². The van der Waals surface area contributed by atoms with E-state index >= 15 is 0 Å². The number of benzene rings is 1. The van der Waals surface area contributed by atoms with Gasteiger partial charge in [0.25, 0.3) is 0 Å². The van der Waals surface area contributed by atoms with Gasteiger partial charge in [-0.15, -0.1) is 0 Å². The Balaban J connectivity index is 1.59. The summed E-state index contributed by atoms with van der Waals surface area (Å²) in [6.45, 7) is 0.784. The van der Waals surface area contributed by atoms with Gasteiger partial charge in [-0.2, -0.15) is 0 Å². The molecule has 7 nitrogen and oxygen atoms in total. The van der Waals surface area contributed by atoms with Crippen LogP contribution in [0.5, 0.6) is 0 Å². The number of hydrogen-bond acceptors (Lipinski definition) is 5. The van der Waals surface area contributed by atoms with E-state index in [1.807, 2.05) is 18.0 Å². The van der Waals surface area contributed by atoms with Crippen molar-refractivity contribution in [1.82, 2.24) is 10.3 Å². The number of anilines is 1. The molecule has 152 valence electrons. The molecular formula is C20H19Cl2N3O4. The molecule has 1 amide bonds. The van der Waals surface area contributed by atoms with Crippen molar-refractivity contribution >= 4 is 40.8 Å². The van der Waals surface area contributed by atoms with Crippen LogP contribution in [0, 0.1) is 0 Å². The Morgan fingerprint density at radius 1 is 1.31 bits per heavy atom. The number of ether oxygens (including phenoxy) is 1. The molecule has 1 aromatic carbocycles. The van der Waals surface area contributed by atoms with Gasteiger partial charge in [0.2, 0.25) is 5.91 Å². The number of carbonyl (C=O) groups is 2. The first-order chi connectivity index (χ1) is 13.8. The van der Waals surface area contributed by atoms with E-state index < -0.39 is 17.6 Å². The van der Waals surface area contributed by atoms with Crippen molar-refractivity contribution in [3.8, 4) is 0 Å². The fourth-order valence-electron chi connectivity index (χ4n) is 3.96. The molecule has 2 N–H and O–H groups in total. The predicted molar refractivity (Wildman–Crippen MR) is 109 cm³/mol. The number of nitrogens with zero attached hydrogens (tertiary/aromatic N) is 2. The van der Waals surface area contributed by atoms with Crippen molar-refractivity contribution in [2.45, 2.75) is 24.4 Å². The van der Waals surface area contributed by atoms with E-state index in [4.69, 9.17) is 33.0 Å². The highest BCUT2D eigenvalue weighted by Gasteiger charge is 2.42. The van der Waals surface area contributed by atoms with E-state index in [9.17, 15) is 9.59 Å². The van der Waals surface area contributed by atoms with Gasteiger partial charge < -0.3 is 20.1 Å². The lowest BCUT2D eigenvalue weighted by Crippen LogP contribution is -2.53. The normalized spacial score (nSPS) is 23.1. The maximum atomic E-state index is 13.2. The molecule has 0 aliphatic carbocycles. The largest absolute Gasteiger partial charge is 0.477 e. The quantitative estimate of drug-likeness (QED) is 0.766. The SMILES string of the molecule is CN1c2ccc(Cl)c(Cl)c2CC1C(=O)NC1(c2ccc(C(=O)O)nc2)CCOC1. The molecule has 2 atom stereocenters. The van der Waals surface area contributed by atoms with Gasteiger partial charge in [0.05, 0.1) is 22.2 Å². The van der Waals surface area contributed by atoms with E-state index in [0.29, 0.717) is 41.7 Å². The van der Waals surface area contributed by atoms with Crippen LogP contribution in [0.2, 0.25) is 10.0 Å². The molecule has 4 rings (SSSR count). The van der Waals surface area contributed by atoms with Crippen LogP contribution >= 0.6 is 23.2 Å². The molecule has 1 aromatic heterocycles. The lowest BCUT2D eigenvalue weighted by Gasteiger charge is -2.32. The van der Waals surface area contributed by atoms with Gasteiger partial charge in [0.15, 0.2) is 0 Å². The summed E-state index contributed by atoms with van der Waals surface area (Å²) in [4.78, 5) is 30.2. The van der Waals surface area contributed by atoms with Crippen LogP contribution in [0.25, 0.3) is 0 Å². The van der Waals surface area contributed by atoms with Crippen LogP contribution < -0.4 is 10.2 Å². The van der Waals surface area contributed by atoms with E-state index in [2.05, 4.69) is 10.3 Å². The van der Waals surface area contributed by atoms with Crippen LogP contribution in [0.1, 0.15) is 28.0 Å². The summed E-state index contributed by atoms with van der Waals surface area (Å²) >= 11 is 12.5. The maximum absolute atomic E-state index is 13.2. The Morgan fingerprint density at radius 2 is 2.10 bits per heavy atom. The molecule has 1 saturated heterocycles. The van der Waals surface area contributed by atoms with Crippen molar-refractivity contribution in [3.05, 3.63) is 57.3 Å². The number of pyridine rings is 1. The van der Waals surface area contributed by atoms with E-state index in [1.165, 1.54) is 12.3 Å². The average molecular weight is 436 g/mol. The summed E-state index contributed by atoms with van der Waals surface area (Å²) in [5, 5.41) is 13.1. The molecule has 3 heterocycles. The first-order valence-electron chi connectivity index (χ1n) is 9.12. The third-order valence-electron chi connectivity index (χ3n) is 5.64. The lowest BCUT2D eigenvalue weighted by atomic mass is 9.89. The molecule has 0 radical (unpaired) electrons. The van der Waals surface area contributed by atoms with Crippen molar-refractivity contribution in [1.29, 1.82) is 0 Å². The summed E-state index contributed by atoms with van der Waals surface area (Å²) < 4.78 is 5.57. The Labute approximate surface area is 177 Å². The molecule has 2 aromatic rings. The predicted octanol–water partition coefficient (Wildman–Crippen LogP) is 2.88. The van der Waals surface area contributed by atoms with E-state index in [1.54, 1.807) is 12.1 Å². The van der Waals surface area contributed by atoms with Crippen LogP contribution in [-0.2, 0) is 21.5 Å². The highest BCUT2D eigenvalue weighted by atomic mass is 35.5. The number of carboxylic acid groups (broad SMARTS) is 1. The second kappa shape index (κ2) is 7.48. The highest BCUT2D eigenvalue weighted by Crippen LogP contribution is 2.40. The van der Waals surface area contributed by atoms with Gasteiger partial charge in [0.1, 0.15) is 11.7 Å². The zero-order valence-corrected chi connectivity index (χ0v) is 17.1. The molecule has 0 bridgehead atoms. The second-order valence-corrected chi connectivity index (χ2v) is 8.09. The number of hydrogen-bond donors (Lipinski definition) is 2. The van der Waals surface area contributed by atoms with Gasteiger partial charge in [-0.3, -0.25) is 4.79 Å². The van der Waals surface area contributed by atoms with Crippen molar-refractivity contribution in [3.63, 3.8) is 0 Å². The summed E-state index contributed by atoms with van der Waals surface area (Å²) in [5.41, 5.74) is 1.65. The van der Waals surface area contributed by atoms with Gasteiger partial charge in [-0.25, -0.2) is 9.78 Å². The topological polar surface area (TPSA) is 91.8 Å². The number of aromatic nitrogens is 1. The Kier molecular flexibility index (Phi) is 5.14. The van der Waals surface area contributed by atoms with Crippen LogP contribution in [-0.4, -0.2) is 48.3 Å². The van der Waals surface area contributed by atoms with Crippen LogP contribution in [0.3, 0.4) is 0 Å². The Bertz CT molecular complexity index is 974. The Morgan fingerprint density at radius 3 is 2.72 bits per heavy atom. The molecule has 2 aliphatic rings.